The lowest BCUT2D eigenvalue weighted by molar-refractivity contribution is 0.498. The summed E-state index contributed by atoms with van der Waals surface area (Å²) in [6.07, 6.45) is 3.57. The van der Waals surface area contributed by atoms with E-state index in [1.165, 1.54) is 39.0 Å². The maximum atomic E-state index is 2.55. The quantitative estimate of drug-likeness (QED) is 0.339. The summed E-state index contributed by atoms with van der Waals surface area (Å²) < 4.78 is 0. The third kappa shape index (κ3) is 4.88. The second-order valence-electron chi connectivity index (χ2n) is 12.8. The molecule has 0 atom stereocenters. The lowest BCUT2D eigenvalue weighted by atomic mass is 9.85. The van der Waals surface area contributed by atoms with E-state index >= 15 is 0 Å². The first-order valence-electron chi connectivity index (χ1n) is 12.3. The van der Waals surface area contributed by atoms with Crippen molar-refractivity contribution in [1.29, 1.82) is 0 Å². The third-order valence-electron chi connectivity index (χ3n) is 7.04. The SMILES string of the molecule is CC(C)(C)C1=Cc2c(ccc(-c3ccccc3)c2-c2cc([Si](C)(C)C)cc([Si](C)(C)C)c2)C1. The highest BCUT2D eigenvalue weighted by molar-refractivity contribution is 6.91. The second-order valence-corrected chi connectivity index (χ2v) is 23.0. The lowest BCUT2D eigenvalue weighted by Gasteiger charge is -2.25. The van der Waals surface area contributed by atoms with Crippen molar-refractivity contribution < 1.29 is 0 Å². The molecule has 0 heterocycles. The predicted octanol–water partition coefficient (Wildman–Crippen LogP) is 8.10. The van der Waals surface area contributed by atoms with Crippen LogP contribution in [0.3, 0.4) is 0 Å². The fraction of sp³-hybridized carbons (Fsp3) is 0.355. The van der Waals surface area contributed by atoms with Gasteiger partial charge in [-0.15, -0.1) is 0 Å². The molecule has 2 heteroatoms. The smallest absolute Gasteiger partial charge is 0.0656 e. The van der Waals surface area contributed by atoms with Crippen LogP contribution in [0, 0.1) is 5.41 Å². The molecule has 0 saturated heterocycles. The average Bonchev–Trinajstić information content (AvgIpc) is 3.17. The monoisotopic (exact) mass is 468 g/mol. The normalized spacial score (nSPS) is 14.3. The van der Waals surface area contributed by atoms with Crippen LogP contribution in [-0.2, 0) is 6.42 Å². The summed E-state index contributed by atoms with van der Waals surface area (Å²) in [6, 6.07) is 23.3. The molecule has 3 aromatic carbocycles. The van der Waals surface area contributed by atoms with Gasteiger partial charge in [0.1, 0.15) is 0 Å². The van der Waals surface area contributed by atoms with E-state index in [0.29, 0.717) is 0 Å². The van der Waals surface area contributed by atoms with Gasteiger partial charge in [0.2, 0.25) is 0 Å². The number of hydrogen-bond acceptors (Lipinski definition) is 0. The summed E-state index contributed by atoms with van der Waals surface area (Å²) in [5.41, 5.74) is 10.1. The number of fused-ring (bicyclic) bond motifs is 1. The van der Waals surface area contributed by atoms with E-state index in [0.717, 1.165) is 6.42 Å². The fourth-order valence-electron chi connectivity index (χ4n) is 4.70. The summed E-state index contributed by atoms with van der Waals surface area (Å²) in [5.74, 6) is 0. The molecule has 0 aliphatic heterocycles. The molecule has 0 unspecified atom stereocenters. The molecule has 0 N–H and O–H groups in total. The van der Waals surface area contributed by atoms with Gasteiger partial charge in [-0.2, -0.15) is 0 Å². The minimum absolute atomic E-state index is 0.187. The van der Waals surface area contributed by atoms with Crippen molar-refractivity contribution >= 4 is 32.6 Å². The van der Waals surface area contributed by atoms with E-state index in [9.17, 15) is 0 Å². The number of allylic oxidation sites excluding steroid dienone is 1. The zero-order valence-electron chi connectivity index (χ0n) is 22.1. The van der Waals surface area contributed by atoms with Crippen LogP contribution < -0.4 is 10.4 Å². The highest BCUT2D eigenvalue weighted by Gasteiger charge is 2.28. The Morgan fingerprint density at radius 2 is 1.24 bits per heavy atom. The predicted molar refractivity (Wildman–Crippen MR) is 154 cm³/mol. The van der Waals surface area contributed by atoms with E-state index in [1.54, 1.807) is 10.4 Å². The van der Waals surface area contributed by atoms with Gasteiger partial charge in [-0.05, 0) is 45.2 Å². The summed E-state index contributed by atoms with van der Waals surface area (Å²) in [5, 5.41) is 3.15. The summed E-state index contributed by atoms with van der Waals surface area (Å²) in [4.78, 5) is 0. The minimum Gasteiger partial charge on any atom is -0.0656 e. The highest BCUT2D eigenvalue weighted by Crippen LogP contribution is 2.44. The molecule has 0 fully saturated rings. The molecule has 172 valence electrons. The number of rotatable bonds is 4. The zero-order chi connectivity index (χ0) is 24.2. The Hall–Kier alpha value is -2.17. The van der Waals surface area contributed by atoms with Gasteiger partial charge in [-0.25, -0.2) is 0 Å². The standard InChI is InChI=1S/C31H40Si2/c1-31(2,3)25-17-23-15-16-28(22-13-11-10-12-14-22)30(29(23)20-25)24-18-26(32(4,5)6)21-27(19-24)33(7,8)9/h10-16,18-21H,17H2,1-9H3. The molecule has 0 bridgehead atoms. The Balaban J connectivity index is 2.07. The van der Waals surface area contributed by atoms with E-state index in [2.05, 4.69) is 127 Å². The molecule has 0 spiro atoms. The van der Waals surface area contributed by atoms with Crippen molar-refractivity contribution in [3.05, 3.63) is 77.4 Å². The van der Waals surface area contributed by atoms with Gasteiger partial charge in [0.25, 0.3) is 0 Å². The van der Waals surface area contributed by atoms with E-state index in [4.69, 9.17) is 0 Å². The van der Waals surface area contributed by atoms with Crippen molar-refractivity contribution in [1.82, 2.24) is 0 Å². The van der Waals surface area contributed by atoms with Gasteiger partial charge < -0.3 is 0 Å². The van der Waals surface area contributed by atoms with Gasteiger partial charge in [-0.1, -0.05) is 143 Å². The minimum atomic E-state index is -1.47. The second kappa shape index (κ2) is 8.25. The Labute approximate surface area is 203 Å². The summed E-state index contributed by atoms with van der Waals surface area (Å²) in [6.45, 7) is 21.9. The van der Waals surface area contributed by atoms with E-state index < -0.39 is 16.1 Å². The molecule has 0 radical (unpaired) electrons. The summed E-state index contributed by atoms with van der Waals surface area (Å²) in [7, 11) is -2.93. The molecule has 0 amide bonds. The van der Waals surface area contributed by atoms with Crippen LogP contribution in [0.1, 0.15) is 31.9 Å². The van der Waals surface area contributed by atoms with Crippen LogP contribution in [0.25, 0.3) is 28.3 Å². The lowest BCUT2D eigenvalue weighted by Crippen LogP contribution is -2.45. The van der Waals surface area contributed by atoms with Crippen molar-refractivity contribution in [2.24, 2.45) is 5.41 Å². The highest BCUT2D eigenvalue weighted by atomic mass is 28.3. The maximum absolute atomic E-state index is 2.55. The number of benzene rings is 3. The first kappa shape index (κ1) is 24.0. The molecule has 0 aromatic heterocycles. The van der Waals surface area contributed by atoms with Crippen molar-refractivity contribution in [3.8, 4) is 22.3 Å². The van der Waals surface area contributed by atoms with Crippen LogP contribution in [0.5, 0.6) is 0 Å². The Morgan fingerprint density at radius 3 is 1.76 bits per heavy atom. The molecule has 1 aliphatic carbocycles. The Bertz CT molecular complexity index is 1180. The van der Waals surface area contributed by atoms with Crippen LogP contribution in [0.15, 0.2) is 66.2 Å². The van der Waals surface area contributed by atoms with Gasteiger partial charge >= 0.3 is 0 Å². The first-order chi connectivity index (χ1) is 15.2. The van der Waals surface area contributed by atoms with Crippen LogP contribution in [0.4, 0.5) is 0 Å². The largest absolute Gasteiger partial charge is 0.0776 e. The summed E-state index contributed by atoms with van der Waals surface area (Å²) >= 11 is 0. The third-order valence-corrected chi connectivity index (χ3v) is 11.1. The van der Waals surface area contributed by atoms with Crippen LogP contribution in [0.2, 0.25) is 39.3 Å². The molecule has 0 nitrogen and oxygen atoms in total. The van der Waals surface area contributed by atoms with Crippen molar-refractivity contribution in [2.45, 2.75) is 66.5 Å². The van der Waals surface area contributed by atoms with E-state index in [-0.39, 0.29) is 5.41 Å². The molecular formula is C31H40Si2. The van der Waals surface area contributed by atoms with Gasteiger partial charge in [-0.3, -0.25) is 0 Å². The molecule has 4 rings (SSSR count). The molecule has 1 aliphatic rings. The van der Waals surface area contributed by atoms with Gasteiger partial charge in [0.05, 0.1) is 16.1 Å². The molecule has 3 aromatic rings. The van der Waals surface area contributed by atoms with Crippen LogP contribution in [-0.4, -0.2) is 16.1 Å². The fourth-order valence-corrected chi connectivity index (χ4v) is 7.20. The van der Waals surface area contributed by atoms with E-state index in [1.807, 2.05) is 0 Å². The molecular weight excluding hydrogens is 429 g/mol. The molecule has 0 saturated carbocycles. The van der Waals surface area contributed by atoms with Crippen molar-refractivity contribution in [2.75, 3.05) is 0 Å². The Kier molecular flexibility index (Phi) is 5.99. The van der Waals surface area contributed by atoms with Gasteiger partial charge in [0.15, 0.2) is 0 Å². The Morgan fingerprint density at radius 1 is 0.667 bits per heavy atom. The number of hydrogen-bond donors (Lipinski definition) is 0. The topological polar surface area (TPSA) is 0 Å². The maximum Gasteiger partial charge on any atom is 0.0776 e. The average molecular weight is 469 g/mol. The van der Waals surface area contributed by atoms with Gasteiger partial charge in [0, 0.05) is 0 Å². The molecule has 33 heavy (non-hydrogen) atoms. The first-order valence-corrected chi connectivity index (χ1v) is 19.3. The van der Waals surface area contributed by atoms with Crippen molar-refractivity contribution in [3.63, 3.8) is 0 Å². The zero-order valence-corrected chi connectivity index (χ0v) is 24.1. The van der Waals surface area contributed by atoms with Crippen LogP contribution >= 0.6 is 0 Å².